The van der Waals surface area contributed by atoms with Crippen molar-refractivity contribution < 1.29 is 13.5 Å². The number of aliphatic hydroxyl groups excluding tert-OH is 1. The van der Waals surface area contributed by atoms with Crippen molar-refractivity contribution in [3.63, 3.8) is 0 Å². The van der Waals surface area contributed by atoms with Crippen LogP contribution in [0.3, 0.4) is 0 Å². The molecule has 0 amide bonds. The lowest BCUT2D eigenvalue weighted by Gasteiger charge is -2.30. The molecule has 1 aromatic heterocycles. The monoisotopic (exact) mass is 319 g/mol. The van der Waals surface area contributed by atoms with Crippen LogP contribution in [0.15, 0.2) is 30.5 Å². The van der Waals surface area contributed by atoms with E-state index in [2.05, 4.69) is 5.10 Å². The van der Waals surface area contributed by atoms with Gasteiger partial charge in [0.15, 0.2) is 5.82 Å². The number of aliphatic hydroxyl groups is 1. The number of nitrogens with zero attached hydrogens (tertiary/aromatic N) is 3. The van der Waals surface area contributed by atoms with Crippen LogP contribution in [-0.4, -0.2) is 29.8 Å². The molecule has 0 fully saturated rings. The lowest BCUT2D eigenvalue weighted by Crippen LogP contribution is -2.36. The number of fused-ring (bicyclic) bond motifs is 1. The number of hydrogen-bond donors (Lipinski definition) is 1. The van der Waals surface area contributed by atoms with E-state index in [9.17, 15) is 13.5 Å². The third kappa shape index (κ3) is 1.85. The van der Waals surface area contributed by atoms with Gasteiger partial charge < -0.3 is 5.11 Å². The number of aromatic nitrogens is 2. The van der Waals surface area contributed by atoms with Crippen LogP contribution in [0.1, 0.15) is 23.6 Å². The van der Waals surface area contributed by atoms with Gasteiger partial charge >= 0.3 is 0 Å². The highest BCUT2D eigenvalue weighted by molar-refractivity contribution is 8.02. The van der Waals surface area contributed by atoms with E-state index in [4.69, 9.17) is 0 Å². The second-order valence-electron chi connectivity index (χ2n) is 5.17. The molecule has 7 heteroatoms. The summed E-state index contributed by atoms with van der Waals surface area (Å²) in [5, 5.41) is 14.7. The third-order valence-electron chi connectivity index (χ3n) is 3.84. The molecule has 1 aliphatic rings. The van der Waals surface area contributed by atoms with Crippen LogP contribution in [0.4, 0.5) is 5.82 Å². The van der Waals surface area contributed by atoms with E-state index < -0.39 is 10.0 Å². The standard InChI is InChI=1S/C15H17N3O3S/c1-4-18-15-12(9-16-17(15)3)13(19)14(22(18,20)21)11-8-6-5-7-10(11)2/h5-9,19H,4H2,1-3H3. The molecule has 1 N–H and O–H groups in total. The molecule has 2 aromatic rings. The Morgan fingerprint density at radius 1 is 1.23 bits per heavy atom. The van der Waals surface area contributed by atoms with E-state index in [0.29, 0.717) is 16.9 Å². The van der Waals surface area contributed by atoms with Gasteiger partial charge in [-0.15, -0.1) is 0 Å². The summed E-state index contributed by atoms with van der Waals surface area (Å²) in [6, 6.07) is 7.11. The number of aryl methyl sites for hydroxylation is 2. The van der Waals surface area contributed by atoms with Crippen LogP contribution in [-0.2, 0) is 17.1 Å². The Hall–Kier alpha value is -2.28. The predicted molar refractivity (Wildman–Crippen MR) is 85.8 cm³/mol. The van der Waals surface area contributed by atoms with Gasteiger partial charge in [0.25, 0.3) is 10.0 Å². The van der Waals surface area contributed by atoms with Crippen molar-refractivity contribution in [1.29, 1.82) is 0 Å². The summed E-state index contributed by atoms with van der Waals surface area (Å²) >= 11 is 0. The maximum Gasteiger partial charge on any atom is 0.269 e. The summed E-state index contributed by atoms with van der Waals surface area (Å²) in [5.74, 6) is 0.138. The fourth-order valence-electron chi connectivity index (χ4n) is 2.78. The van der Waals surface area contributed by atoms with Crippen LogP contribution in [0.5, 0.6) is 0 Å². The van der Waals surface area contributed by atoms with Crippen molar-refractivity contribution in [2.45, 2.75) is 13.8 Å². The van der Waals surface area contributed by atoms with E-state index in [1.165, 1.54) is 15.2 Å². The van der Waals surface area contributed by atoms with E-state index >= 15 is 0 Å². The molecular weight excluding hydrogens is 302 g/mol. The summed E-state index contributed by atoms with van der Waals surface area (Å²) in [6.07, 6.45) is 1.49. The summed E-state index contributed by atoms with van der Waals surface area (Å²) in [5.41, 5.74) is 1.72. The van der Waals surface area contributed by atoms with Gasteiger partial charge in [-0.05, 0) is 19.4 Å². The molecule has 6 nitrogen and oxygen atoms in total. The first-order chi connectivity index (χ1) is 10.4. The van der Waals surface area contributed by atoms with E-state index in [1.54, 1.807) is 26.1 Å². The number of hydrogen-bond acceptors (Lipinski definition) is 4. The highest BCUT2D eigenvalue weighted by Gasteiger charge is 2.40. The van der Waals surface area contributed by atoms with Gasteiger partial charge in [-0.2, -0.15) is 5.10 Å². The molecule has 1 aromatic carbocycles. The molecule has 0 aliphatic carbocycles. The van der Waals surface area contributed by atoms with Crippen molar-refractivity contribution in [2.24, 2.45) is 7.05 Å². The maximum atomic E-state index is 13.0. The Bertz CT molecular complexity index is 881. The van der Waals surface area contributed by atoms with Gasteiger partial charge in [-0.1, -0.05) is 24.3 Å². The quantitative estimate of drug-likeness (QED) is 0.921. The first-order valence-electron chi connectivity index (χ1n) is 6.94. The van der Waals surface area contributed by atoms with E-state index in [0.717, 1.165) is 5.56 Å². The van der Waals surface area contributed by atoms with Gasteiger partial charge in [-0.25, -0.2) is 12.7 Å². The Morgan fingerprint density at radius 3 is 2.55 bits per heavy atom. The molecular formula is C15H17N3O3S. The zero-order valence-corrected chi connectivity index (χ0v) is 13.4. The largest absolute Gasteiger partial charge is 0.506 e. The van der Waals surface area contributed by atoms with Gasteiger partial charge in [0.2, 0.25) is 0 Å². The van der Waals surface area contributed by atoms with Gasteiger partial charge in [-0.3, -0.25) is 4.68 Å². The van der Waals surface area contributed by atoms with Crippen molar-refractivity contribution >= 4 is 26.5 Å². The number of rotatable bonds is 2. The lowest BCUT2D eigenvalue weighted by atomic mass is 10.1. The Balaban J connectivity index is 2.40. The fourth-order valence-corrected chi connectivity index (χ4v) is 4.64. The zero-order chi connectivity index (χ0) is 16.1. The summed E-state index contributed by atoms with van der Waals surface area (Å²) < 4.78 is 28.7. The first kappa shape index (κ1) is 14.6. The van der Waals surface area contributed by atoms with Crippen LogP contribution in [0.2, 0.25) is 0 Å². The second-order valence-corrected chi connectivity index (χ2v) is 6.97. The molecule has 22 heavy (non-hydrogen) atoms. The molecule has 0 bridgehead atoms. The number of anilines is 1. The minimum atomic E-state index is -3.84. The predicted octanol–water partition coefficient (Wildman–Crippen LogP) is 2.28. The zero-order valence-electron chi connectivity index (χ0n) is 12.6. The molecule has 0 radical (unpaired) electrons. The van der Waals surface area contributed by atoms with Gasteiger partial charge in [0.05, 0.1) is 11.8 Å². The Morgan fingerprint density at radius 2 is 1.91 bits per heavy atom. The maximum absolute atomic E-state index is 13.0. The van der Waals surface area contributed by atoms with Gasteiger partial charge in [0, 0.05) is 19.2 Å². The molecule has 0 spiro atoms. The van der Waals surface area contributed by atoms with Crippen molar-refractivity contribution in [2.75, 3.05) is 10.8 Å². The summed E-state index contributed by atoms with van der Waals surface area (Å²) in [7, 11) is -2.19. The normalized spacial score (nSPS) is 16.8. The molecule has 3 rings (SSSR count). The average Bonchev–Trinajstić information content (AvgIpc) is 2.83. The van der Waals surface area contributed by atoms with Crippen LogP contribution >= 0.6 is 0 Å². The first-order valence-corrected chi connectivity index (χ1v) is 8.38. The van der Waals surface area contributed by atoms with Crippen molar-refractivity contribution in [1.82, 2.24) is 9.78 Å². The highest BCUT2D eigenvalue weighted by atomic mass is 32.2. The Labute approximate surface area is 129 Å². The molecule has 0 unspecified atom stereocenters. The molecule has 1 aliphatic heterocycles. The summed E-state index contributed by atoms with van der Waals surface area (Å²) in [6.45, 7) is 3.84. The third-order valence-corrected chi connectivity index (χ3v) is 5.78. The molecule has 0 saturated carbocycles. The number of sulfonamides is 1. The van der Waals surface area contributed by atoms with Crippen LogP contribution in [0, 0.1) is 6.92 Å². The number of benzene rings is 1. The fraction of sp³-hybridized carbons (Fsp3) is 0.267. The van der Waals surface area contributed by atoms with E-state index in [1.807, 2.05) is 19.1 Å². The minimum absolute atomic E-state index is 0.0621. The van der Waals surface area contributed by atoms with Crippen molar-refractivity contribution in [3.05, 3.63) is 47.2 Å². The molecule has 0 saturated heterocycles. The van der Waals surface area contributed by atoms with Gasteiger partial charge in [0.1, 0.15) is 10.7 Å². The lowest BCUT2D eigenvalue weighted by molar-refractivity contribution is 0.512. The Kier molecular flexibility index (Phi) is 3.25. The molecule has 2 heterocycles. The summed E-state index contributed by atoms with van der Waals surface area (Å²) in [4.78, 5) is -0.0621. The topological polar surface area (TPSA) is 75.4 Å². The second kappa shape index (κ2) is 4.88. The van der Waals surface area contributed by atoms with Crippen LogP contribution < -0.4 is 4.31 Å². The molecule has 0 atom stereocenters. The SMILES string of the molecule is CCN1c2c(cnn2C)C(O)=C(c2ccccc2C)S1(=O)=O. The highest BCUT2D eigenvalue weighted by Crippen LogP contribution is 2.42. The molecule has 116 valence electrons. The van der Waals surface area contributed by atoms with Crippen molar-refractivity contribution in [3.8, 4) is 0 Å². The van der Waals surface area contributed by atoms with E-state index in [-0.39, 0.29) is 17.2 Å². The van der Waals surface area contributed by atoms with Crippen LogP contribution in [0.25, 0.3) is 10.7 Å². The smallest absolute Gasteiger partial charge is 0.269 e. The average molecular weight is 319 g/mol. The minimum Gasteiger partial charge on any atom is -0.506 e.